The smallest absolute Gasteiger partial charge is 0.166 e. The molecule has 25 heavy (non-hydrogen) atoms. The lowest BCUT2D eigenvalue weighted by Gasteiger charge is -2.30. The van der Waals surface area contributed by atoms with Gasteiger partial charge in [0.05, 0.1) is 39.5 Å². The van der Waals surface area contributed by atoms with Gasteiger partial charge >= 0.3 is 0 Å². The number of hydrogen-bond acceptors (Lipinski definition) is 4. The van der Waals surface area contributed by atoms with E-state index in [2.05, 4.69) is 17.2 Å². The lowest BCUT2D eigenvalue weighted by molar-refractivity contribution is -0.918. The summed E-state index contributed by atoms with van der Waals surface area (Å²) >= 11 is 5.93. The van der Waals surface area contributed by atoms with Crippen LogP contribution < -0.4 is 9.64 Å². The normalized spacial score (nSPS) is 15.7. The fourth-order valence-electron chi connectivity index (χ4n) is 2.95. The molecule has 5 nitrogen and oxygen atoms in total. The quantitative estimate of drug-likeness (QED) is 0.799. The van der Waals surface area contributed by atoms with Crippen molar-refractivity contribution in [3.63, 3.8) is 0 Å². The van der Waals surface area contributed by atoms with Gasteiger partial charge in [-0.3, -0.25) is 5.01 Å². The molecule has 3 rings (SSSR count). The second kappa shape index (κ2) is 8.23. The lowest BCUT2D eigenvalue weighted by atomic mass is 10.2. The van der Waals surface area contributed by atoms with Gasteiger partial charge in [-0.2, -0.15) is 5.10 Å². The Labute approximate surface area is 153 Å². The molecule has 0 spiro atoms. The summed E-state index contributed by atoms with van der Waals surface area (Å²) in [6, 6.07) is 13.5. The highest BCUT2D eigenvalue weighted by Gasteiger charge is 2.18. The van der Waals surface area contributed by atoms with Gasteiger partial charge in [-0.05, 0) is 24.3 Å². The van der Waals surface area contributed by atoms with Crippen LogP contribution in [-0.2, 0) is 6.54 Å². The van der Waals surface area contributed by atoms with E-state index in [0.717, 1.165) is 37.7 Å². The molecule has 0 aliphatic carbocycles. The van der Waals surface area contributed by atoms with Crippen LogP contribution in [0, 0.1) is 0 Å². The maximum Gasteiger partial charge on any atom is 0.166 e. The molecule has 2 N–H and O–H groups in total. The Hall–Kier alpha value is -2.24. The largest absolute Gasteiger partial charge is 0.504 e. The van der Waals surface area contributed by atoms with Crippen LogP contribution in [0.15, 0.2) is 47.6 Å². The number of hydrogen-bond donors (Lipinski definition) is 2. The molecule has 2 aromatic rings. The predicted molar refractivity (Wildman–Crippen MR) is 99.7 cm³/mol. The fourth-order valence-corrected chi connectivity index (χ4v) is 3.07. The minimum Gasteiger partial charge on any atom is -0.504 e. The van der Waals surface area contributed by atoms with Crippen molar-refractivity contribution in [3.8, 4) is 11.5 Å². The zero-order chi connectivity index (χ0) is 17.6. The third kappa shape index (κ3) is 4.65. The van der Waals surface area contributed by atoms with Gasteiger partial charge in [0, 0.05) is 16.1 Å². The Morgan fingerprint density at radius 1 is 1.20 bits per heavy atom. The molecule has 0 bridgehead atoms. The van der Waals surface area contributed by atoms with Gasteiger partial charge in [-0.15, -0.1) is 0 Å². The third-order valence-corrected chi connectivity index (χ3v) is 4.68. The van der Waals surface area contributed by atoms with Gasteiger partial charge < -0.3 is 14.7 Å². The van der Waals surface area contributed by atoms with E-state index in [-0.39, 0.29) is 5.75 Å². The number of methoxy groups -OCH3 is 1. The number of nitrogens with zero attached hydrogens (tertiary/aromatic N) is 2. The highest BCUT2D eigenvalue weighted by Crippen LogP contribution is 2.28. The molecule has 1 fully saturated rings. The molecular formula is C19H23ClN3O2+. The van der Waals surface area contributed by atoms with Gasteiger partial charge in [-0.1, -0.05) is 29.8 Å². The number of quaternary nitrogens is 1. The molecule has 6 heteroatoms. The zero-order valence-electron chi connectivity index (χ0n) is 14.3. The first-order chi connectivity index (χ1) is 12.2. The zero-order valence-corrected chi connectivity index (χ0v) is 15.0. The summed E-state index contributed by atoms with van der Waals surface area (Å²) in [5, 5.41) is 17.4. The Bertz CT molecular complexity index is 726. The van der Waals surface area contributed by atoms with Gasteiger partial charge in [-0.25, -0.2) is 0 Å². The summed E-state index contributed by atoms with van der Waals surface area (Å²) in [5.41, 5.74) is 1.97. The van der Waals surface area contributed by atoms with Crippen LogP contribution in [0.4, 0.5) is 0 Å². The minimum absolute atomic E-state index is 0.126. The molecule has 1 aliphatic rings. The molecule has 0 saturated carbocycles. The van der Waals surface area contributed by atoms with Crippen molar-refractivity contribution in [3.05, 3.63) is 58.6 Å². The van der Waals surface area contributed by atoms with E-state index in [0.29, 0.717) is 11.3 Å². The number of nitrogens with one attached hydrogen (secondary N) is 1. The number of para-hydroxylation sites is 1. The van der Waals surface area contributed by atoms with Gasteiger partial charge in [0.15, 0.2) is 11.5 Å². The van der Waals surface area contributed by atoms with E-state index in [1.807, 2.05) is 29.3 Å². The first-order valence-electron chi connectivity index (χ1n) is 8.38. The van der Waals surface area contributed by atoms with Crippen LogP contribution in [0.3, 0.4) is 0 Å². The Kier molecular flexibility index (Phi) is 5.79. The number of phenolic OH excluding ortho intramolecular Hbond substituents is 1. The maximum atomic E-state index is 10.1. The van der Waals surface area contributed by atoms with Gasteiger partial charge in [0.25, 0.3) is 0 Å². The fraction of sp³-hybridized carbons (Fsp3) is 0.316. The molecule has 0 radical (unpaired) electrons. The first kappa shape index (κ1) is 17.6. The summed E-state index contributed by atoms with van der Waals surface area (Å²) in [6.45, 7) is 4.85. The van der Waals surface area contributed by atoms with E-state index < -0.39 is 0 Å². The second-order valence-electron chi connectivity index (χ2n) is 6.15. The van der Waals surface area contributed by atoms with E-state index in [4.69, 9.17) is 16.3 Å². The Balaban J connectivity index is 1.53. The third-order valence-electron chi connectivity index (χ3n) is 4.42. The van der Waals surface area contributed by atoms with E-state index in [1.54, 1.807) is 19.4 Å². The SMILES string of the molecule is COc1cccc(C=NN2CC[NH+](Cc3ccc(Cl)cc3)CC2)c1O. The first-order valence-corrected chi connectivity index (χ1v) is 8.76. The summed E-state index contributed by atoms with van der Waals surface area (Å²) in [5.74, 6) is 0.585. The topological polar surface area (TPSA) is 49.5 Å². The molecular weight excluding hydrogens is 338 g/mol. The molecule has 1 heterocycles. The van der Waals surface area contributed by atoms with Gasteiger partial charge in [0.1, 0.15) is 6.54 Å². The van der Waals surface area contributed by atoms with Crippen LogP contribution in [0.1, 0.15) is 11.1 Å². The van der Waals surface area contributed by atoms with Crippen LogP contribution in [0.25, 0.3) is 0 Å². The van der Waals surface area contributed by atoms with Crippen LogP contribution in [0.2, 0.25) is 5.02 Å². The number of rotatable bonds is 5. The Morgan fingerprint density at radius 2 is 1.92 bits per heavy atom. The number of aromatic hydroxyl groups is 1. The average Bonchev–Trinajstić information content (AvgIpc) is 2.64. The number of hydrazone groups is 1. The van der Waals surface area contributed by atoms with E-state index in [9.17, 15) is 5.11 Å². The van der Waals surface area contributed by atoms with Crippen molar-refractivity contribution in [1.82, 2.24) is 5.01 Å². The molecule has 2 aromatic carbocycles. The second-order valence-corrected chi connectivity index (χ2v) is 6.59. The molecule has 1 saturated heterocycles. The van der Waals surface area contributed by atoms with Crippen molar-refractivity contribution in [2.45, 2.75) is 6.54 Å². The summed E-state index contributed by atoms with van der Waals surface area (Å²) in [7, 11) is 1.54. The minimum atomic E-state index is 0.126. The van der Waals surface area contributed by atoms with E-state index in [1.165, 1.54) is 10.5 Å². The van der Waals surface area contributed by atoms with Crippen molar-refractivity contribution >= 4 is 17.8 Å². The number of piperazine rings is 1. The maximum absolute atomic E-state index is 10.1. The lowest BCUT2D eigenvalue weighted by Crippen LogP contribution is -3.13. The monoisotopic (exact) mass is 360 g/mol. The molecule has 0 unspecified atom stereocenters. The number of halogens is 1. The molecule has 0 atom stereocenters. The van der Waals surface area contributed by atoms with Crippen molar-refractivity contribution in [1.29, 1.82) is 0 Å². The summed E-state index contributed by atoms with van der Waals surface area (Å²) < 4.78 is 5.12. The molecule has 1 aliphatic heterocycles. The molecule has 0 aromatic heterocycles. The van der Waals surface area contributed by atoms with Crippen molar-refractivity contribution in [2.24, 2.45) is 5.10 Å². The standard InChI is InChI=1S/C19H22ClN3O2/c1-25-18-4-2-3-16(19(18)24)13-21-23-11-9-22(10-12-23)14-15-5-7-17(20)8-6-15/h2-8,13,24H,9-12,14H2,1H3/p+1. The van der Waals surface area contributed by atoms with Crippen molar-refractivity contribution in [2.75, 3.05) is 33.3 Å². The summed E-state index contributed by atoms with van der Waals surface area (Å²) in [4.78, 5) is 1.54. The predicted octanol–water partition coefficient (Wildman–Crippen LogP) is 1.79. The highest BCUT2D eigenvalue weighted by molar-refractivity contribution is 6.30. The van der Waals surface area contributed by atoms with Crippen LogP contribution in [0.5, 0.6) is 11.5 Å². The molecule has 0 amide bonds. The number of benzene rings is 2. The van der Waals surface area contributed by atoms with Crippen molar-refractivity contribution < 1.29 is 14.7 Å². The number of ether oxygens (including phenoxy) is 1. The molecule has 132 valence electrons. The Morgan fingerprint density at radius 3 is 2.60 bits per heavy atom. The van der Waals surface area contributed by atoms with Crippen LogP contribution >= 0.6 is 11.6 Å². The highest BCUT2D eigenvalue weighted by atomic mass is 35.5. The van der Waals surface area contributed by atoms with Gasteiger partial charge in [0.2, 0.25) is 0 Å². The van der Waals surface area contributed by atoms with Crippen LogP contribution in [-0.4, -0.2) is 49.6 Å². The summed E-state index contributed by atoms with van der Waals surface area (Å²) in [6.07, 6.45) is 1.70. The van der Waals surface area contributed by atoms with E-state index >= 15 is 0 Å². The average molecular weight is 361 g/mol. The number of phenols is 1.